The Morgan fingerprint density at radius 2 is 2.26 bits per heavy atom. The van der Waals surface area contributed by atoms with E-state index < -0.39 is 0 Å². The first kappa shape index (κ1) is 12.3. The monoisotopic (exact) mass is 257 g/mol. The van der Waals surface area contributed by atoms with Gasteiger partial charge in [0.15, 0.2) is 0 Å². The van der Waals surface area contributed by atoms with Crippen molar-refractivity contribution in [1.29, 1.82) is 0 Å². The number of amides is 1. The minimum Gasteiger partial charge on any atom is -0.491 e. The van der Waals surface area contributed by atoms with Gasteiger partial charge in [0.05, 0.1) is 6.04 Å². The number of benzene rings is 1. The number of ether oxygens (including phenoxy) is 1. The van der Waals surface area contributed by atoms with Crippen LogP contribution in [0.2, 0.25) is 0 Å². The highest BCUT2D eigenvalue weighted by Crippen LogP contribution is 2.24. The Bertz CT molecular complexity index is 495. The summed E-state index contributed by atoms with van der Waals surface area (Å²) in [7, 11) is 0. The molecule has 0 aromatic heterocycles. The number of hydrogen-bond acceptors (Lipinski definition) is 2. The predicted molar refractivity (Wildman–Crippen MR) is 74.1 cm³/mol. The van der Waals surface area contributed by atoms with Crippen molar-refractivity contribution in [2.24, 2.45) is 5.92 Å². The Morgan fingerprint density at radius 3 is 3.11 bits per heavy atom. The molecule has 1 aliphatic heterocycles. The van der Waals surface area contributed by atoms with Gasteiger partial charge in [-0.2, -0.15) is 0 Å². The van der Waals surface area contributed by atoms with Gasteiger partial charge in [0.25, 0.3) is 0 Å². The molecule has 3 nitrogen and oxygen atoms in total. The Kier molecular flexibility index (Phi) is 3.53. The molecule has 1 aromatic rings. The van der Waals surface area contributed by atoms with Gasteiger partial charge < -0.3 is 10.1 Å². The molecule has 0 saturated heterocycles. The van der Waals surface area contributed by atoms with Crippen LogP contribution in [0.15, 0.2) is 36.4 Å². The third kappa shape index (κ3) is 2.98. The van der Waals surface area contributed by atoms with E-state index in [4.69, 9.17) is 4.74 Å². The summed E-state index contributed by atoms with van der Waals surface area (Å²) in [5.74, 6) is 1.52. The summed E-state index contributed by atoms with van der Waals surface area (Å²) in [5.41, 5.74) is 1.18. The third-order valence-corrected chi connectivity index (χ3v) is 3.80. The lowest BCUT2D eigenvalue weighted by Gasteiger charge is -2.26. The maximum absolute atomic E-state index is 12.0. The number of allylic oxidation sites excluding steroid dienone is 2. The molecular weight excluding hydrogens is 238 g/mol. The number of carbonyl (C=O) groups is 1. The van der Waals surface area contributed by atoms with Gasteiger partial charge in [0, 0.05) is 6.42 Å². The number of nitrogens with one attached hydrogen (secondary N) is 1. The van der Waals surface area contributed by atoms with Crippen LogP contribution in [0.1, 0.15) is 24.8 Å². The lowest BCUT2D eigenvalue weighted by Crippen LogP contribution is -2.43. The molecule has 3 rings (SSSR count). The van der Waals surface area contributed by atoms with Crippen LogP contribution in [0.3, 0.4) is 0 Å². The molecule has 0 bridgehead atoms. The summed E-state index contributed by atoms with van der Waals surface area (Å²) in [5, 5.41) is 3.09. The van der Waals surface area contributed by atoms with Gasteiger partial charge in [-0.1, -0.05) is 30.4 Å². The molecule has 19 heavy (non-hydrogen) atoms. The van der Waals surface area contributed by atoms with Crippen molar-refractivity contribution in [3.8, 4) is 5.75 Å². The van der Waals surface area contributed by atoms with E-state index >= 15 is 0 Å². The molecule has 0 spiro atoms. The summed E-state index contributed by atoms with van der Waals surface area (Å²) in [6, 6.07) is 8.14. The predicted octanol–water partition coefficient (Wildman–Crippen LogP) is 2.46. The van der Waals surface area contributed by atoms with E-state index in [-0.39, 0.29) is 11.9 Å². The molecule has 1 aromatic carbocycles. The minimum atomic E-state index is 0.104. The standard InChI is InChI=1S/C16H19NO2/c18-16(9-12-5-1-2-6-12)17-14-10-13-7-3-4-8-15(13)19-11-14/h1,3-5,7-8,12,14H,2,6,9-11H2,(H,17,18)/t12-,14+/m0/s1. The van der Waals surface area contributed by atoms with Gasteiger partial charge in [-0.05, 0) is 36.8 Å². The molecule has 0 radical (unpaired) electrons. The average molecular weight is 257 g/mol. The van der Waals surface area contributed by atoms with Crippen molar-refractivity contribution >= 4 is 5.91 Å². The first-order chi connectivity index (χ1) is 9.31. The van der Waals surface area contributed by atoms with Crippen LogP contribution in [-0.4, -0.2) is 18.6 Å². The number of rotatable bonds is 3. The first-order valence-electron chi connectivity index (χ1n) is 6.98. The molecule has 100 valence electrons. The Balaban J connectivity index is 1.54. The fourth-order valence-corrected chi connectivity index (χ4v) is 2.81. The number of fused-ring (bicyclic) bond motifs is 1. The molecule has 1 heterocycles. The van der Waals surface area contributed by atoms with E-state index in [1.165, 1.54) is 5.56 Å². The SMILES string of the molecule is O=C(C[C@H]1C=CCC1)N[C@H]1COc2ccccc2C1. The maximum atomic E-state index is 12.0. The van der Waals surface area contributed by atoms with Crippen LogP contribution in [0.4, 0.5) is 0 Å². The number of carbonyl (C=O) groups excluding carboxylic acids is 1. The van der Waals surface area contributed by atoms with Crippen LogP contribution in [0.5, 0.6) is 5.75 Å². The summed E-state index contributed by atoms with van der Waals surface area (Å²) in [6.45, 7) is 0.573. The maximum Gasteiger partial charge on any atom is 0.220 e. The summed E-state index contributed by atoms with van der Waals surface area (Å²) in [4.78, 5) is 12.0. The van der Waals surface area contributed by atoms with Crippen LogP contribution in [0.25, 0.3) is 0 Å². The van der Waals surface area contributed by atoms with E-state index in [0.29, 0.717) is 18.9 Å². The largest absolute Gasteiger partial charge is 0.491 e. The fourth-order valence-electron chi connectivity index (χ4n) is 2.81. The highest BCUT2D eigenvalue weighted by molar-refractivity contribution is 5.77. The first-order valence-corrected chi connectivity index (χ1v) is 6.98. The Hall–Kier alpha value is -1.77. The Morgan fingerprint density at radius 1 is 1.37 bits per heavy atom. The summed E-state index contributed by atoms with van der Waals surface area (Å²) < 4.78 is 5.68. The molecule has 1 aliphatic carbocycles. The third-order valence-electron chi connectivity index (χ3n) is 3.80. The molecule has 0 saturated carbocycles. The van der Waals surface area contributed by atoms with Crippen LogP contribution >= 0.6 is 0 Å². The molecule has 0 fully saturated rings. The second-order valence-corrected chi connectivity index (χ2v) is 5.36. The highest BCUT2D eigenvalue weighted by atomic mass is 16.5. The molecule has 1 N–H and O–H groups in total. The zero-order valence-corrected chi connectivity index (χ0v) is 11.0. The molecule has 2 atom stereocenters. The van der Waals surface area contributed by atoms with Gasteiger partial charge in [-0.25, -0.2) is 0 Å². The van der Waals surface area contributed by atoms with Crippen molar-refractivity contribution in [2.45, 2.75) is 31.7 Å². The van der Waals surface area contributed by atoms with E-state index in [1.807, 2.05) is 18.2 Å². The average Bonchev–Trinajstić information content (AvgIpc) is 2.91. The van der Waals surface area contributed by atoms with Crippen molar-refractivity contribution in [2.75, 3.05) is 6.61 Å². The molecule has 1 amide bonds. The smallest absolute Gasteiger partial charge is 0.220 e. The van der Waals surface area contributed by atoms with Crippen molar-refractivity contribution in [3.63, 3.8) is 0 Å². The van der Waals surface area contributed by atoms with Crippen molar-refractivity contribution < 1.29 is 9.53 Å². The van der Waals surface area contributed by atoms with Gasteiger partial charge in [0.1, 0.15) is 12.4 Å². The van der Waals surface area contributed by atoms with Gasteiger partial charge >= 0.3 is 0 Å². The van der Waals surface area contributed by atoms with E-state index in [9.17, 15) is 4.79 Å². The molecule has 2 aliphatic rings. The van der Waals surface area contributed by atoms with Crippen molar-refractivity contribution in [3.05, 3.63) is 42.0 Å². The fraction of sp³-hybridized carbons (Fsp3) is 0.438. The van der Waals surface area contributed by atoms with Crippen LogP contribution in [-0.2, 0) is 11.2 Å². The van der Waals surface area contributed by atoms with Gasteiger partial charge in [0.2, 0.25) is 5.91 Å². The van der Waals surface area contributed by atoms with E-state index in [0.717, 1.165) is 25.0 Å². The second kappa shape index (κ2) is 5.47. The highest BCUT2D eigenvalue weighted by Gasteiger charge is 2.22. The number of para-hydroxylation sites is 1. The van der Waals surface area contributed by atoms with E-state index in [1.54, 1.807) is 0 Å². The van der Waals surface area contributed by atoms with Crippen LogP contribution in [0, 0.1) is 5.92 Å². The second-order valence-electron chi connectivity index (χ2n) is 5.36. The molecule has 3 heteroatoms. The molecular formula is C16H19NO2. The van der Waals surface area contributed by atoms with Crippen molar-refractivity contribution in [1.82, 2.24) is 5.32 Å². The van der Waals surface area contributed by atoms with Gasteiger partial charge in [-0.3, -0.25) is 4.79 Å². The topological polar surface area (TPSA) is 38.3 Å². The Labute approximate surface area is 113 Å². The lowest BCUT2D eigenvalue weighted by atomic mass is 10.0. The zero-order valence-electron chi connectivity index (χ0n) is 11.0. The summed E-state index contributed by atoms with van der Waals surface area (Å²) in [6.07, 6.45) is 8.01. The van der Waals surface area contributed by atoms with Gasteiger partial charge in [-0.15, -0.1) is 0 Å². The minimum absolute atomic E-state index is 0.104. The quantitative estimate of drug-likeness (QED) is 0.845. The normalized spacial score (nSPS) is 24.6. The zero-order chi connectivity index (χ0) is 13.1. The van der Waals surface area contributed by atoms with E-state index in [2.05, 4.69) is 23.5 Å². The molecule has 0 unspecified atom stereocenters. The summed E-state index contributed by atoms with van der Waals surface area (Å²) >= 11 is 0. The lowest BCUT2D eigenvalue weighted by molar-refractivity contribution is -0.122. The van der Waals surface area contributed by atoms with Crippen LogP contribution < -0.4 is 10.1 Å². The number of hydrogen-bond donors (Lipinski definition) is 1.